The highest BCUT2D eigenvalue weighted by Gasteiger charge is 2.36. The standard InChI is InChI=1S/C14H24N.CHF3O3S/c1-2-3-4-5-6-7-9-12-15-13-10-8-11-14-15;2-1(3,4)8(5,6)7/h8,10-11,13-14H,2-7,9,12H2,1H3;(H,5,6,7)/q+1;/p-1. The highest BCUT2D eigenvalue weighted by Crippen LogP contribution is 2.20. The third-order valence-corrected chi connectivity index (χ3v) is 3.65. The predicted molar refractivity (Wildman–Crippen MR) is 80.4 cm³/mol. The first-order valence-corrected chi connectivity index (χ1v) is 9.05. The molecule has 0 fully saturated rings. The predicted octanol–water partition coefficient (Wildman–Crippen LogP) is 3.78. The van der Waals surface area contributed by atoms with Gasteiger partial charge in [-0.1, -0.05) is 45.1 Å². The van der Waals surface area contributed by atoms with Crippen molar-refractivity contribution in [2.24, 2.45) is 0 Å². The van der Waals surface area contributed by atoms with E-state index < -0.39 is 15.6 Å². The number of hydrogen-bond acceptors (Lipinski definition) is 3. The van der Waals surface area contributed by atoms with E-state index in [0.29, 0.717) is 0 Å². The van der Waals surface area contributed by atoms with Gasteiger partial charge in [-0.05, 0) is 6.42 Å². The van der Waals surface area contributed by atoms with E-state index in [-0.39, 0.29) is 0 Å². The normalized spacial score (nSPS) is 11.7. The summed E-state index contributed by atoms with van der Waals surface area (Å²) in [6, 6.07) is 6.27. The molecular formula is C15H24F3NO3S. The van der Waals surface area contributed by atoms with Crippen molar-refractivity contribution in [1.29, 1.82) is 0 Å². The molecule has 0 saturated heterocycles. The van der Waals surface area contributed by atoms with Crippen LogP contribution in [0, 0.1) is 0 Å². The fourth-order valence-electron chi connectivity index (χ4n) is 1.83. The van der Waals surface area contributed by atoms with Crippen LogP contribution < -0.4 is 4.57 Å². The summed E-state index contributed by atoms with van der Waals surface area (Å²) in [5.74, 6) is 0. The molecule has 0 atom stereocenters. The van der Waals surface area contributed by atoms with Gasteiger partial charge >= 0.3 is 5.51 Å². The molecule has 1 aromatic rings. The Kier molecular flexibility index (Phi) is 10.8. The first-order valence-electron chi connectivity index (χ1n) is 7.64. The largest absolute Gasteiger partial charge is 0.741 e. The van der Waals surface area contributed by atoms with Gasteiger partial charge in [0.25, 0.3) is 0 Å². The maximum Gasteiger partial charge on any atom is 0.485 e. The van der Waals surface area contributed by atoms with Crippen LogP contribution >= 0.6 is 0 Å². The molecule has 0 amide bonds. The Morgan fingerprint density at radius 2 is 1.35 bits per heavy atom. The van der Waals surface area contributed by atoms with Crippen molar-refractivity contribution in [3.05, 3.63) is 30.6 Å². The molecule has 0 N–H and O–H groups in total. The average molecular weight is 355 g/mol. The molecule has 134 valence electrons. The van der Waals surface area contributed by atoms with E-state index in [0.717, 1.165) is 0 Å². The topological polar surface area (TPSA) is 61.1 Å². The van der Waals surface area contributed by atoms with Crippen molar-refractivity contribution < 1.29 is 30.7 Å². The number of unbranched alkanes of at least 4 members (excludes halogenated alkanes) is 6. The van der Waals surface area contributed by atoms with Crippen LogP contribution in [-0.4, -0.2) is 18.5 Å². The molecule has 4 nitrogen and oxygen atoms in total. The molecule has 0 aliphatic rings. The van der Waals surface area contributed by atoms with Gasteiger partial charge in [-0.2, -0.15) is 13.2 Å². The Morgan fingerprint density at radius 1 is 0.913 bits per heavy atom. The second kappa shape index (κ2) is 11.4. The molecule has 8 heteroatoms. The summed E-state index contributed by atoms with van der Waals surface area (Å²) in [4.78, 5) is 0. The molecule has 0 aromatic carbocycles. The zero-order chi connectivity index (χ0) is 17.8. The molecule has 1 heterocycles. The number of nitrogens with zero attached hydrogens (tertiary/aromatic N) is 1. The van der Waals surface area contributed by atoms with Gasteiger partial charge in [0, 0.05) is 18.6 Å². The zero-order valence-electron chi connectivity index (χ0n) is 13.3. The molecule has 1 aromatic heterocycles. The molecule has 0 aliphatic heterocycles. The second-order valence-electron chi connectivity index (χ2n) is 5.13. The lowest BCUT2D eigenvalue weighted by atomic mass is 10.1. The monoisotopic (exact) mass is 355 g/mol. The summed E-state index contributed by atoms with van der Waals surface area (Å²) in [5.41, 5.74) is -5.65. The minimum Gasteiger partial charge on any atom is -0.741 e. The van der Waals surface area contributed by atoms with Crippen LogP contribution in [0.5, 0.6) is 0 Å². The van der Waals surface area contributed by atoms with E-state index in [1.54, 1.807) is 0 Å². The van der Waals surface area contributed by atoms with Gasteiger partial charge in [-0.3, -0.25) is 0 Å². The van der Waals surface area contributed by atoms with Crippen LogP contribution in [0.1, 0.15) is 51.9 Å². The fourth-order valence-corrected chi connectivity index (χ4v) is 1.83. The summed E-state index contributed by atoms with van der Waals surface area (Å²) < 4.78 is 61.2. The summed E-state index contributed by atoms with van der Waals surface area (Å²) in [6.45, 7) is 3.45. The highest BCUT2D eigenvalue weighted by molar-refractivity contribution is 7.86. The molecule has 23 heavy (non-hydrogen) atoms. The van der Waals surface area contributed by atoms with E-state index in [4.69, 9.17) is 13.0 Å². The first-order chi connectivity index (χ1) is 10.7. The summed E-state index contributed by atoms with van der Waals surface area (Å²) in [5, 5.41) is 0. The zero-order valence-corrected chi connectivity index (χ0v) is 14.1. The minimum atomic E-state index is -6.09. The third-order valence-electron chi connectivity index (χ3n) is 3.08. The van der Waals surface area contributed by atoms with Crippen LogP contribution in [-0.2, 0) is 16.7 Å². The Balaban J connectivity index is 0.000000515. The van der Waals surface area contributed by atoms with Crippen LogP contribution in [0.2, 0.25) is 0 Å². The SMILES string of the molecule is CCCCCCCCC[n+]1ccccc1.O=S(=O)([O-])C(F)(F)F. The Bertz CT molecular complexity index is 504. The fraction of sp³-hybridized carbons (Fsp3) is 0.667. The number of hydrogen-bond donors (Lipinski definition) is 0. The van der Waals surface area contributed by atoms with Gasteiger partial charge in [0.05, 0.1) is 0 Å². The lowest BCUT2D eigenvalue weighted by molar-refractivity contribution is -0.697. The van der Waals surface area contributed by atoms with Gasteiger partial charge in [0.2, 0.25) is 0 Å². The van der Waals surface area contributed by atoms with Gasteiger partial charge in [-0.25, -0.2) is 13.0 Å². The summed E-state index contributed by atoms with van der Waals surface area (Å²) in [7, 11) is -6.09. The van der Waals surface area contributed by atoms with E-state index in [9.17, 15) is 13.2 Å². The van der Waals surface area contributed by atoms with Crippen LogP contribution in [0.4, 0.5) is 13.2 Å². The maximum atomic E-state index is 10.7. The Morgan fingerprint density at radius 3 is 1.78 bits per heavy atom. The number of pyridine rings is 1. The lowest BCUT2D eigenvalue weighted by Gasteiger charge is -2.08. The van der Waals surface area contributed by atoms with Gasteiger partial charge in [-0.15, -0.1) is 0 Å². The minimum absolute atomic E-state index is 1.18. The summed E-state index contributed by atoms with van der Waals surface area (Å²) >= 11 is 0. The van der Waals surface area contributed by atoms with Crippen LogP contribution in [0.25, 0.3) is 0 Å². The van der Waals surface area contributed by atoms with E-state index >= 15 is 0 Å². The van der Waals surface area contributed by atoms with Gasteiger partial charge in [0.15, 0.2) is 22.5 Å². The number of aryl methyl sites for hydroxylation is 1. The van der Waals surface area contributed by atoms with Gasteiger partial charge < -0.3 is 4.55 Å². The van der Waals surface area contributed by atoms with Crippen molar-refractivity contribution in [2.75, 3.05) is 0 Å². The van der Waals surface area contributed by atoms with Crippen molar-refractivity contribution in [1.82, 2.24) is 0 Å². The molecule has 0 radical (unpaired) electrons. The Hall–Kier alpha value is -1.15. The smallest absolute Gasteiger partial charge is 0.485 e. The van der Waals surface area contributed by atoms with Crippen molar-refractivity contribution in [3.8, 4) is 0 Å². The molecule has 0 bridgehead atoms. The maximum absolute atomic E-state index is 10.7. The second-order valence-corrected chi connectivity index (χ2v) is 6.51. The highest BCUT2D eigenvalue weighted by atomic mass is 32.2. The number of alkyl halides is 3. The third kappa shape index (κ3) is 12.0. The van der Waals surface area contributed by atoms with E-state index in [2.05, 4.69) is 42.1 Å². The Labute approximate surface area is 136 Å². The van der Waals surface area contributed by atoms with Crippen molar-refractivity contribution in [3.63, 3.8) is 0 Å². The quantitative estimate of drug-likeness (QED) is 0.309. The molecule has 1 rings (SSSR count). The molecule has 0 spiro atoms. The number of halogens is 3. The number of aromatic nitrogens is 1. The molecule has 0 saturated carbocycles. The van der Waals surface area contributed by atoms with Crippen LogP contribution in [0.3, 0.4) is 0 Å². The van der Waals surface area contributed by atoms with Crippen LogP contribution in [0.15, 0.2) is 30.6 Å². The van der Waals surface area contributed by atoms with Gasteiger partial charge in [0.1, 0.15) is 6.54 Å². The number of rotatable bonds is 8. The average Bonchev–Trinajstić information content (AvgIpc) is 2.46. The molecule has 0 aliphatic carbocycles. The van der Waals surface area contributed by atoms with E-state index in [1.165, 1.54) is 51.5 Å². The first kappa shape index (κ1) is 21.9. The summed E-state index contributed by atoms with van der Waals surface area (Å²) in [6.07, 6.45) is 14.0. The molecular weight excluding hydrogens is 331 g/mol. The van der Waals surface area contributed by atoms with E-state index in [1.807, 2.05) is 0 Å². The lowest BCUT2D eigenvalue weighted by Crippen LogP contribution is -2.32. The van der Waals surface area contributed by atoms with Crippen molar-refractivity contribution >= 4 is 10.1 Å². The molecule has 0 unspecified atom stereocenters. The van der Waals surface area contributed by atoms with Crippen molar-refractivity contribution in [2.45, 2.75) is 63.9 Å².